The van der Waals surface area contributed by atoms with Crippen molar-refractivity contribution in [2.24, 2.45) is 0 Å². The van der Waals surface area contributed by atoms with Gasteiger partial charge >= 0.3 is 0 Å². The molecular formula is C21H24O2. The molecule has 0 aromatic heterocycles. The number of carbonyl (C=O) groups is 1. The van der Waals surface area contributed by atoms with Crippen molar-refractivity contribution < 1.29 is 9.53 Å². The van der Waals surface area contributed by atoms with Crippen LogP contribution in [0.4, 0.5) is 0 Å². The van der Waals surface area contributed by atoms with Crippen LogP contribution in [0.15, 0.2) is 48.5 Å². The van der Waals surface area contributed by atoms with Gasteiger partial charge in [-0.15, -0.1) is 0 Å². The normalized spacial score (nSPS) is 15.3. The van der Waals surface area contributed by atoms with Gasteiger partial charge in [-0.3, -0.25) is 4.79 Å². The second-order valence-corrected chi connectivity index (χ2v) is 6.41. The van der Waals surface area contributed by atoms with Gasteiger partial charge in [0.15, 0.2) is 5.78 Å². The van der Waals surface area contributed by atoms with E-state index in [9.17, 15) is 4.79 Å². The lowest BCUT2D eigenvalue weighted by atomic mass is 9.81. The maximum absolute atomic E-state index is 12.0. The molecule has 0 radical (unpaired) electrons. The second-order valence-electron chi connectivity index (χ2n) is 6.41. The summed E-state index contributed by atoms with van der Waals surface area (Å²) >= 11 is 0. The highest BCUT2D eigenvalue weighted by molar-refractivity contribution is 5.96. The Morgan fingerprint density at radius 3 is 2.48 bits per heavy atom. The summed E-state index contributed by atoms with van der Waals surface area (Å²) in [6, 6.07) is 16.1. The van der Waals surface area contributed by atoms with Gasteiger partial charge in [0.1, 0.15) is 12.4 Å². The standard InChI is InChI=1S/C21H24O2/c1-16(22)20-13-12-19(23-15-17-8-4-2-5-9-17)14-21(20)18-10-6-3-7-11-18/h2,4-5,8-9,12-14,18H,3,6-7,10-11,15H2,1H3. The van der Waals surface area contributed by atoms with Crippen molar-refractivity contribution in [1.82, 2.24) is 0 Å². The van der Waals surface area contributed by atoms with Gasteiger partial charge in [0.05, 0.1) is 0 Å². The van der Waals surface area contributed by atoms with E-state index in [1.165, 1.54) is 37.7 Å². The van der Waals surface area contributed by atoms with E-state index in [0.717, 1.165) is 16.9 Å². The summed E-state index contributed by atoms with van der Waals surface area (Å²) in [7, 11) is 0. The molecular weight excluding hydrogens is 284 g/mol. The minimum atomic E-state index is 0.153. The molecule has 0 atom stereocenters. The highest BCUT2D eigenvalue weighted by atomic mass is 16.5. The van der Waals surface area contributed by atoms with Gasteiger partial charge in [-0.05, 0) is 55.0 Å². The minimum absolute atomic E-state index is 0.153. The first-order valence-electron chi connectivity index (χ1n) is 8.55. The van der Waals surface area contributed by atoms with Gasteiger partial charge in [-0.25, -0.2) is 0 Å². The zero-order valence-electron chi connectivity index (χ0n) is 13.8. The highest BCUT2D eigenvalue weighted by Crippen LogP contribution is 2.36. The monoisotopic (exact) mass is 308 g/mol. The molecule has 0 heterocycles. The molecule has 0 saturated heterocycles. The Morgan fingerprint density at radius 1 is 1.04 bits per heavy atom. The summed E-state index contributed by atoms with van der Waals surface area (Å²) in [6.07, 6.45) is 6.20. The van der Waals surface area contributed by atoms with Crippen LogP contribution in [-0.4, -0.2) is 5.78 Å². The van der Waals surface area contributed by atoms with E-state index >= 15 is 0 Å². The first-order valence-corrected chi connectivity index (χ1v) is 8.55. The van der Waals surface area contributed by atoms with Crippen LogP contribution in [0, 0.1) is 0 Å². The van der Waals surface area contributed by atoms with E-state index < -0.39 is 0 Å². The van der Waals surface area contributed by atoms with Crippen LogP contribution < -0.4 is 4.74 Å². The number of Topliss-reactive ketones (excluding diaryl/α,β-unsaturated/α-hetero) is 1. The molecule has 23 heavy (non-hydrogen) atoms. The topological polar surface area (TPSA) is 26.3 Å². The molecule has 0 amide bonds. The average Bonchev–Trinajstić information content (AvgIpc) is 2.61. The Hall–Kier alpha value is -2.09. The van der Waals surface area contributed by atoms with Gasteiger partial charge in [0.25, 0.3) is 0 Å². The molecule has 0 spiro atoms. The maximum atomic E-state index is 12.0. The van der Waals surface area contributed by atoms with E-state index in [1.807, 2.05) is 30.3 Å². The molecule has 2 aromatic rings. The first kappa shape index (κ1) is 15.8. The summed E-state index contributed by atoms with van der Waals surface area (Å²) in [6.45, 7) is 2.22. The summed E-state index contributed by atoms with van der Waals surface area (Å²) in [5.41, 5.74) is 3.20. The smallest absolute Gasteiger partial charge is 0.160 e. The van der Waals surface area contributed by atoms with Crippen LogP contribution in [0.5, 0.6) is 5.75 Å². The summed E-state index contributed by atoms with van der Waals surface area (Å²) < 4.78 is 5.95. The third-order valence-corrected chi connectivity index (χ3v) is 4.70. The van der Waals surface area contributed by atoms with E-state index in [0.29, 0.717) is 12.5 Å². The van der Waals surface area contributed by atoms with Crippen LogP contribution in [-0.2, 0) is 6.61 Å². The largest absolute Gasteiger partial charge is 0.489 e. The summed E-state index contributed by atoms with van der Waals surface area (Å²) in [4.78, 5) is 12.0. The Morgan fingerprint density at radius 2 is 1.78 bits per heavy atom. The number of hydrogen-bond donors (Lipinski definition) is 0. The third kappa shape index (κ3) is 4.01. The lowest BCUT2D eigenvalue weighted by Gasteiger charge is -2.24. The molecule has 1 saturated carbocycles. The molecule has 120 valence electrons. The molecule has 1 aliphatic rings. The first-order chi connectivity index (χ1) is 11.2. The van der Waals surface area contributed by atoms with Gasteiger partial charge in [0, 0.05) is 5.56 Å². The number of hydrogen-bond acceptors (Lipinski definition) is 2. The molecule has 0 bridgehead atoms. The van der Waals surface area contributed by atoms with E-state index in [2.05, 4.69) is 18.2 Å². The number of ketones is 1. The van der Waals surface area contributed by atoms with Gasteiger partial charge < -0.3 is 4.74 Å². The third-order valence-electron chi connectivity index (χ3n) is 4.70. The Kier molecular flexibility index (Phi) is 5.12. The molecule has 0 unspecified atom stereocenters. The van der Waals surface area contributed by atoms with Crippen LogP contribution in [0.1, 0.15) is 66.4 Å². The highest BCUT2D eigenvalue weighted by Gasteiger charge is 2.20. The number of ether oxygens (including phenoxy) is 1. The molecule has 0 aliphatic heterocycles. The Balaban J connectivity index is 1.80. The van der Waals surface area contributed by atoms with Crippen molar-refractivity contribution in [3.63, 3.8) is 0 Å². The Labute approximate surface area is 138 Å². The lowest BCUT2D eigenvalue weighted by molar-refractivity contribution is 0.101. The van der Waals surface area contributed by atoms with Crippen molar-refractivity contribution in [1.29, 1.82) is 0 Å². The molecule has 3 rings (SSSR count). The van der Waals surface area contributed by atoms with Crippen molar-refractivity contribution in [2.75, 3.05) is 0 Å². The number of carbonyl (C=O) groups excluding carboxylic acids is 1. The molecule has 1 aliphatic carbocycles. The lowest BCUT2D eigenvalue weighted by Crippen LogP contribution is -2.10. The van der Waals surface area contributed by atoms with Crippen LogP contribution in [0.2, 0.25) is 0 Å². The summed E-state index contributed by atoms with van der Waals surface area (Å²) in [5.74, 6) is 1.52. The SMILES string of the molecule is CC(=O)c1ccc(OCc2ccccc2)cc1C1CCCCC1. The fourth-order valence-corrected chi connectivity index (χ4v) is 3.44. The molecule has 1 fully saturated rings. The molecule has 2 heteroatoms. The second kappa shape index (κ2) is 7.45. The molecule has 2 nitrogen and oxygen atoms in total. The predicted octanol–water partition coefficient (Wildman–Crippen LogP) is 5.52. The van der Waals surface area contributed by atoms with Crippen LogP contribution in [0.25, 0.3) is 0 Å². The van der Waals surface area contributed by atoms with E-state index in [-0.39, 0.29) is 5.78 Å². The van der Waals surface area contributed by atoms with Gasteiger partial charge in [0.2, 0.25) is 0 Å². The summed E-state index contributed by atoms with van der Waals surface area (Å²) in [5, 5.41) is 0. The van der Waals surface area contributed by atoms with Gasteiger partial charge in [-0.1, -0.05) is 49.6 Å². The van der Waals surface area contributed by atoms with Crippen molar-refractivity contribution >= 4 is 5.78 Å². The van der Waals surface area contributed by atoms with Gasteiger partial charge in [-0.2, -0.15) is 0 Å². The van der Waals surface area contributed by atoms with Crippen molar-refractivity contribution in [2.45, 2.75) is 51.6 Å². The fourth-order valence-electron chi connectivity index (χ4n) is 3.44. The zero-order chi connectivity index (χ0) is 16.1. The van der Waals surface area contributed by atoms with E-state index in [1.54, 1.807) is 6.92 Å². The predicted molar refractivity (Wildman–Crippen MR) is 93.0 cm³/mol. The van der Waals surface area contributed by atoms with Crippen LogP contribution >= 0.6 is 0 Å². The minimum Gasteiger partial charge on any atom is -0.489 e. The number of rotatable bonds is 5. The fraction of sp³-hybridized carbons (Fsp3) is 0.381. The van der Waals surface area contributed by atoms with Crippen molar-refractivity contribution in [3.8, 4) is 5.75 Å². The average molecular weight is 308 g/mol. The van der Waals surface area contributed by atoms with E-state index in [4.69, 9.17) is 4.74 Å². The zero-order valence-corrected chi connectivity index (χ0v) is 13.8. The molecule has 2 aromatic carbocycles. The van der Waals surface area contributed by atoms with Crippen LogP contribution in [0.3, 0.4) is 0 Å². The Bertz CT molecular complexity index is 655. The maximum Gasteiger partial charge on any atom is 0.160 e. The number of benzene rings is 2. The molecule has 0 N–H and O–H groups in total. The van der Waals surface area contributed by atoms with Crippen molar-refractivity contribution in [3.05, 3.63) is 65.2 Å². The quantitative estimate of drug-likeness (QED) is 0.680.